The molecule has 0 unspecified atom stereocenters. The molecule has 21 heavy (non-hydrogen) atoms. The first-order chi connectivity index (χ1) is 9.64. The maximum atomic E-state index is 10.2. The van der Waals surface area contributed by atoms with Gasteiger partial charge in [0.25, 0.3) is 0 Å². The zero-order chi connectivity index (χ0) is 15.5. The summed E-state index contributed by atoms with van der Waals surface area (Å²) in [5.74, 6) is 0.610. The summed E-state index contributed by atoms with van der Waals surface area (Å²) in [4.78, 5) is 0. The Balaban J connectivity index is 2.11. The van der Waals surface area contributed by atoms with E-state index in [-0.39, 0.29) is 5.41 Å². The molecule has 2 atom stereocenters. The molecule has 1 nitrogen and oxygen atoms in total. The van der Waals surface area contributed by atoms with Crippen LogP contribution in [0.3, 0.4) is 0 Å². The average Bonchev–Trinajstić information content (AvgIpc) is 2.36. The van der Waals surface area contributed by atoms with E-state index in [1.807, 2.05) is 13.8 Å². The van der Waals surface area contributed by atoms with Gasteiger partial charge in [-0.3, -0.25) is 0 Å². The first-order valence-corrected chi connectivity index (χ1v) is 8.20. The minimum absolute atomic E-state index is 0.240. The predicted octanol–water partition coefficient (Wildman–Crippen LogP) is 5.02. The Morgan fingerprint density at radius 1 is 1.14 bits per heavy atom. The van der Waals surface area contributed by atoms with E-state index >= 15 is 0 Å². The van der Waals surface area contributed by atoms with E-state index in [1.165, 1.54) is 30.4 Å². The van der Waals surface area contributed by atoms with Crippen molar-refractivity contribution in [1.82, 2.24) is 0 Å². The maximum Gasteiger partial charge on any atom is 0.0840 e. The molecular weight excluding hydrogens is 256 g/mol. The normalized spacial score (nSPS) is 30.7. The fourth-order valence-electron chi connectivity index (χ4n) is 4.66. The lowest BCUT2D eigenvalue weighted by molar-refractivity contribution is 0.0777. The molecule has 0 amide bonds. The van der Waals surface area contributed by atoms with Gasteiger partial charge in [-0.25, -0.2) is 0 Å². The number of aliphatic hydroxyl groups is 1. The van der Waals surface area contributed by atoms with Gasteiger partial charge >= 0.3 is 0 Å². The largest absolute Gasteiger partial charge is 0.386 e. The SMILES string of the molecule is CC(C)(O)c1ccc2c(c1)C=C[C@H]1C(C)(C)CCC[C@]21C. The van der Waals surface area contributed by atoms with E-state index in [0.717, 1.165) is 5.56 Å². The summed E-state index contributed by atoms with van der Waals surface area (Å²) in [6.07, 6.45) is 8.59. The van der Waals surface area contributed by atoms with Crippen LogP contribution < -0.4 is 0 Å². The first kappa shape index (κ1) is 14.8. The van der Waals surface area contributed by atoms with Crippen LogP contribution in [-0.4, -0.2) is 5.11 Å². The summed E-state index contributed by atoms with van der Waals surface area (Å²) in [5, 5.41) is 10.2. The van der Waals surface area contributed by atoms with E-state index in [9.17, 15) is 5.11 Å². The number of hydrogen-bond acceptors (Lipinski definition) is 1. The monoisotopic (exact) mass is 284 g/mol. The second-order valence-corrected chi connectivity index (χ2v) is 8.46. The molecule has 1 aromatic carbocycles. The third-order valence-electron chi connectivity index (χ3n) is 5.89. The molecule has 3 rings (SSSR count). The highest BCUT2D eigenvalue weighted by atomic mass is 16.3. The highest BCUT2D eigenvalue weighted by molar-refractivity contribution is 5.62. The van der Waals surface area contributed by atoms with Crippen molar-refractivity contribution in [3.8, 4) is 0 Å². The molecule has 1 N–H and O–H groups in total. The Morgan fingerprint density at radius 3 is 2.52 bits per heavy atom. The summed E-state index contributed by atoms with van der Waals surface area (Å²) >= 11 is 0. The van der Waals surface area contributed by atoms with Crippen LogP contribution in [0, 0.1) is 11.3 Å². The molecule has 0 aliphatic heterocycles. The summed E-state index contributed by atoms with van der Waals surface area (Å²) < 4.78 is 0. The molecule has 1 saturated carbocycles. The highest BCUT2D eigenvalue weighted by Gasteiger charge is 2.48. The third kappa shape index (κ3) is 2.26. The highest BCUT2D eigenvalue weighted by Crippen LogP contribution is 2.55. The predicted molar refractivity (Wildman–Crippen MR) is 89.2 cm³/mol. The average molecular weight is 284 g/mol. The number of rotatable bonds is 1. The van der Waals surface area contributed by atoms with Gasteiger partial charge in [0.05, 0.1) is 5.60 Å². The second-order valence-electron chi connectivity index (χ2n) is 8.46. The summed E-state index contributed by atoms with van der Waals surface area (Å²) in [5.41, 5.74) is 3.61. The number of allylic oxidation sites excluding steroid dienone is 1. The fourth-order valence-corrected chi connectivity index (χ4v) is 4.66. The molecule has 0 aromatic heterocycles. The van der Waals surface area contributed by atoms with Crippen LogP contribution in [0.4, 0.5) is 0 Å². The maximum absolute atomic E-state index is 10.2. The van der Waals surface area contributed by atoms with Gasteiger partial charge in [-0.15, -0.1) is 0 Å². The van der Waals surface area contributed by atoms with Crippen molar-refractivity contribution < 1.29 is 5.11 Å². The molecular formula is C20H28O. The molecule has 2 aliphatic carbocycles. The quantitative estimate of drug-likeness (QED) is 0.767. The van der Waals surface area contributed by atoms with Crippen molar-refractivity contribution in [1.29, 1.82) is 0 Å². The van der Waals surface area contributed by atoms with E-state index in [4.69, 9.17) is 0 Å². The van der Waals surface area contributed by atoms with Crippen LogP contribution in [0.15, 0.2) is 24.3 Å². The van der Waals surface area contributed by atoms with Crippen molar-refractivity contribution in [3.63, 3.8) is 0 Å². The summed E-state index contributed by atoms with van der Waals surface area (Å²) in [6.45, 7) is 11.0. The minimum Gasteiger partial charge on any atom is -0.386 e. The van der Waals surface area contributed by atoms with Gasteiger partial charge in [0, 0.05) is 0 Å². The molecule has 114 valence electrons. The van der Waals surface area contributed by atoms with Gasteiger partial charge in [0.2, 0.25) is 0 Å². The van der Waals surface area contributed by atoms with Gasteiger partial charge in [-0.2, -0.15) is 0 Å². The molecule has 1 heteroatoms. The third-order valence-corrected chi connectivity index (χ3v) is 5.89. The Labute approximate surface area is 129 Å². The number of benzene rings is 1. The van der Waals surface area contributed by atoms with Crippen molar-refractivity contribution in [2.45, 2.75) is 64.9 Å². The Kier molecular flexibility index (Phi) is 3.15. The minimum atomic E-state index is -0.771. The Morgan fingerprint density at radius 2 is 1.86 bits per heavy atom. The standard InChI is InChI=1S/C20H28O/c1-18(2)11-6-12-20(5)16-9-8-15(19(3,4)21)13-14(16)7-10-17(18)20/h7-10,13,17,21H,6,11-12H2,1-5H3/t17-,20+/m0/s1. The van der Waals surface area contributed by atoms with E-state index in [2.05, 4.69) is 51.1 Å². The molecule has 0 saturated heterocycles. The van der Waals surface area contributed by atoms with Gasteiger partial charge in [-0.1, -0.05) is 51.5 Å². The van der Waals surface area contributed by atoms with Crippen molar-refractivity contribution in [2.75, 3.05) is 0 Å². The van der Waals surface area contributed by atoms with Gasteiger partial charge in [-0.05, 0) is 66.2 Å². The fraction of sp³-hybridized carbons (Fsp3) is 0.600. The van der Waals surface area contributed by atoms with Gasteiger partial charge in [0.15, 0.2) is 0 Å². The van der Waals surface area contributed by atoms with Crippen molar-refractivity contribution in [3.05, 3.63) is 41.0 Å². The lowest BCUT2D eigenvalue weighted by Crippen LogP contribution is -2.45. The Hall–Kier alpha value is -1.08. The van der Waals surface area contributed by atoms with E-state index in [0.29, 0.717) is 11.3 Å². The molecule has 1 fully saturated rings. The molecule has 2 aliphatic rings. The van der Waals surface area contributed by atoms with Gasteiger partial charge in [0.1, 0.15) is 0 Å². The Bertz CT molecular complexity index is 588. The van der Waals surface area contributed by atoms with E-state index < -0.39 is 5.60 Å². The lowest BCUT2D eigenvalue weighted by atomic mass is 9.52. The molecule has 1 aromatic rings. The van der Waals surface area contributed by atoms with Crippen LogP contribution in [0.5, 0.6) is 0 Å². The first-order valence-electron chi connectivity index (χ1n) is 8.20. The van der Waals surface area contributed by atoms with Crippen LogP contribution in [-0.2, 0) is 11.0 Å². The molecule has 0 radical (unpaired) electrons. The summed E-state index contributed by atoms with van der Waals surface area (Å²) in [6, 6.07) is 6.55. The number of fused-ring (bicyclic) bond motifs is 3. The van der Waals surface area contributed by atoms with Crippen molar-refractivity contribution >= 4 is 6.08 Å². The topological polar surface area (TPSA) is 20.2 Å². The van der Waals surface area contributed by atoms with Crippen molar-refractivity contribution in [2.24, 2.45) is 11.3 Å². The molecule has 0 bridgehead atoms. The van der Waals surface area contributed by atoms with Crippen LogP contribution >= 0.6 is 0 Å². The number of hydrogen-bond donors (Lipinski definition) is 1. The molecule has 0 heterocycles. The second kappa shape index (κ2) is 4.46. The zero-order valence-electron chi connectivity index (χ0n) is 14.0. The van der Waals surface area contributed by atoms with Crippen LogP contribution in [0.1, 0.15) is 70.6 Å². The van der Waals surface area contributed by atoms with E-state index in [1.54, 1.807) is 0 Å². The molecule has 0 spiro atoms. The summed E-state index contributed by atoms with van der Waals surface area (Å²) in [7, 11) is 0. The smallest absolute Gasteiger partial charge is 0.0840 e. The lowest BCUT2D eigenvalue weighted by Gasteiger charge is -2.52. The zero-order valence-corrected chi connectivity index (χ0v) is 14.0. The van der Waals surface area contributed by atoms with Crippen LogP contribution in [0.2, 0.25) is 0 Å². The van der Waals surface area contributed by atoms with Gasteiger partial charge < -0.3 is 5.11 Å². The van der Waals surface area contributed by atoms with Crippen LogP contribution in [0.25, 0.3) is 6.08 Å².